The maximum atomic E-state index is 12.2. The number of anilines is 6. The minimum absolute atomic E-state index is 0. The van der Waals surface area contributed by atoms with Crippen molar-refractivity contribution in [2.45, 2.75) is 59.5 Å². The number of amides is 2. The van der Waals surface area contributed by atoms with Crippen LogP contribution in [0.1, 0.15) is 74.8 Å². The molecule has 0 unspecified atom stereocenters. The third-order valence-electron chi connectivity index (χ3n) is 11.6. The number of hydrogen-bond donors (Lipinski definition) is 7. The van der Waals surface area contributed by atoms with E-state index in [2.05, 4.69) is 23.1 Å². The van der Waals surface area contributed by atoms with Crippen LogP contribution in [0, 0.1) is 7.43 Å². The number of alkyl halides is 6. The van der Waals surface area contributed by atoms with E-state index in [1.807, 2.05) is 6.92 Å². The number of allylic oxidation sites excluding steroid dienone is 1. The Hall–Kier alpha value is -6.41. The summed E-state index contributed by atoms with van der Waals surface area (Å²) in [5.41, 5.74) is 26.4. The van der Waals surface area contributed by atoms with E-state index in [-0.39, 0.29) is 215 Å². The van der Waals surface area contributed by atoms with Crippen molar-refractivity contribution in [1.82, 2.24) is 0 Å². The maximum Gasteiger partial charge on any atom is 2.00 e. The molecule has 104 heavy (non-hydrogen) atoms. The topological polar surface area (TPSA) is 394 Å². The van der Waals surface area contributed by atoms with Crippen molar-refractivity contribution < 1.29 is 248 Å². The van der Waals surface area contributed by atoms with Crippen LogP contribution in [0.3, 0.4) is 0 Å². The number of halogens is 8. The summed E-state index contributed by atoms with van der Waals surface area (Å²) < 4.78 is 133. The van der Waals surface area contributed by atoms with Gasteiger partial charge in [-0.2, -0.15) is 26.3 Å². The molecular formula is C66H86BrClF6K2MgN6O21. The standard InChI is InChI=1S/C12H12F3NO4.C11H17NO3.C11H15NO2.C10H10F3NO3.C10H13NO3.C8H11NO2.C2H3ClO.CH2O3.CH3.BrH.2K.Mg.H/c1-6(17)10-8(19-2)4-7(5-9(10)20-3)16-11(18)12(13,14)15;1-11(2,13)10-8(14-3)5-7(12)6-9(10)15-4;1-7(2)11-9(13-3)5-8(12)6-10(11)14-4;1-16-7-3-6(4-8(5-7)17-2)14-9(15)10(11,12)13;1-6(12)10-8(13-2)4-7(11)5-9(10)14-3;1-10-7-3-6(9)4-8(5-7)11-2;1-2(3)4;2-1-4-3;;;;;;/h4-5H,1-3H3,(H,16,18);5-6,13H,12H2,1-4H3;5-6H,1,12H2,2-4H3;3-5H,1-2H3,(H,14,15);4-5H,11H2,1-3H3;3-5H,9H2,1-2H3;1H3;1,3H;1H3;1H;;;;/q;;;;;;;;-1;;2*+1;+2;-1/p-2. The summed E-state index contributed by atoms with van der Waals surface area (Å²) in [6.45, 7) is 12.9. The number of carbonyl (C=O) groups is 6. The minimum Gasteiger partial charge on any atom is -1.00 e. The van der Waals surface area contributed by atoms with Crippen molar-refractivity contribution in [3.63, 3.8) is 0 Å². The molecule has 0 saturated heterocycles. The van der Waals surface area contributed by atoms with Crippen LogP contribution in [0.15, 0.2) is 91.5 Å². The van der Waals surface area contributed by atoms with Gasteiger partial charge in [0.2, 0.25) is 5.24 Å². The van der Waals surface area contributed by atoms with Crippen LogP contribution in [0.2, 0.25) is 0 Å². The van der Waals surface area contributed by atoms with E-state index in [1.165, 1.54) is 95.8 Å². The molecule has 0 aliphatic rings. The van der Waals surface area contributed by atoms with E-state index < -0.39 is 29.8 Å². The Morgan fingerprint density at radius 3 is 0.875 bits per heavy atom. The third-order valence-corrected chi connectivity index (χ3v) is 11.6. The Labute approximate surface area is 718 Å². The fourth-order valence-corrected chi connectivity index (χ4v) is 7.61. The number of nitrogen functional groups attached to an aromatic ring is 4. The molecule has 0 heterocycles. The summed E-state index contributed by atoms with van der Waals surface area (Å²) in [4.78, 5) is 64.8. The fraction of sp³-hybridized carbons (Fsp3) is 0.318. The Morgan fingerprint density at radius 1 is 0.462 bits per heavy atom. The zero-order chi connectivity index (χ0) is 76.9. The molecule has 6 rings (SSSR count). The van der Waals surface area contributed by atoms with E-state index in [0.29, 0.717) is 79.9 Å². The second-order valence-electron chi connectivity index (χ2n) is 19.4. The third kappa shape index (κ3) is 40.9. The van der Waals surface area contributed by atoms with Gasteiger partial charge < -0.3 is 131 Å². The number of rotatable bonds is 19. The molecule has 0 saturated carbocycles. The molecular weight excluding hydrogens is 1540 g/mol. The number of ether oxygens (including phenoxy) is 12. The molecule has 38 heteroatoms. The smallest absolute Gasteiger partial charge is 1.00 e. The summed E-state index contributed by atoms with van der Waals surface area (Å²) in [7, 11) is 17.6. The molecule has 0 atom stereocenters. The molecule has 0 spiro atoms. The van der Waals surface area contributed by atoms with E-state index in [4.69, 9.17) is 89.8 Å². The molecule has 0 fully saturated rings. The predicted molar refractivity (Wildman–Crippen MR) is 371 cm³/mol. The van der Waals surface area contributed by atoms with Gasteiger partial charge in [0.1, 0.15) is 80.1 Å². The molecule has 6 aromatic carbocycles. The second-order valence-corrected chi connectivity index (χ2v) is 20.0. The Bertz CT molecular complexity index is 3450. The van der Waals surface area contributed by atoms with Crippen molar-refractivity contribution in [3.05, 3.63) is 121 Å². The van der Waals surface area contributed by atoms with Gasteiger partial charge in [0, 0.05) is 126 Å². The minimum atomic E-state index is -5.01. The number of carbonyl (C=O) groups excluding carboxylic acids is 6. The quantitative estimate of drug-likeness (QED) is 0.00697. The monoisotopic (exact) mass is 1630 g/mol. The van der Waals surface area contributed by atoms with Crippen molar-refractivity contribution in [2.24, 2.45) is 0 Å². The summed E-state index contributed by atoms with van der Waals surface area (Å²) in [5, 5.41) is 21.4. The number of aliphatic hydroxyl groups is 1. The first-order chi connectivity index (χ1) is 46.1. The molecule has 0 aromatic heterocycles. The van der Waals surface area contributed by atoms with Crippen molar-refractivity contribution in [3.8, 4) is 69.0 Å². The van der Waals surface area contributed by atoms with Crippen LogP contribution >= 0.6 is 11.6 Å². The van der Waals surface area contributed by atoms with Gasteiger partial charge >= 0.3 is 150 Å². The molecule has 0 aliphatic carbocycles. The zero-order valence-corrected chi connectivity index (χ0v) is 71.5. The van der Waals surface area contributed by atoms with Gasteiger partial charge in [0.25, 0.3) is 6.47 Å². The van der Waals surface area contributed by atoms with Crippen LogP contribution in [0.4, 0.5) is 60.5 Å². The van der Waals surface area contributed by atoms with E-state index in [9.17, 15) is 55.4 Å². The van der Waals surface area contributed by atoms with Crippen LogP contribution < -0.4 is 215 Å². The number of hydrogen-bond acceptors (Lipinski definition) is 25. The van der Waals surface area contributed by atoms with Crippen molar-refractivity contribution >= 4 is 109 Å². The molecule has 0 bridgehead atoms. The Morgan fingerprint density at radius 2 is 0.673 bits per heavy atom. The van der Waals surface area contributed by atoms with Gasteiger partial charge in [-0.05, 0) is 51.8 Å². The number of ketones is 2. The molecule has 11 N–H and O–H groups in total. The van der Waals surface area contributed by atoms with E-state index >= 15 is 0 Å². The zero-order valence-electron chi connectivity index (χ0n) is 62.5. The van der Waals surface area contributed by atoms with E-state index in [1.54, 1.807) is 108 Å². The van der Waals surface area contributed by atoms with Crippen LogP contribution in [-0.4, -0.2) is 161 Å². The van der Waals surface area contributed by atoms with Gasteiger partial charge in [0.05, 0.1) is 102 Å². The predicted octanol–water partition coefficient (Wildman–Crippen LogP) is 1.62. The SMILES string of the molecule is C=C(C)c1c(OC)cc(N)cc1OC.CC(=O)Cl.COc1cc(N)cc(OC)c1.COc1cc(N)cc(OC)c1C(C)(C)O.COc1cc(N)cc(OC)c1C(C)=O.COc1cc(NC(=O)C(F)(F)F)cc(OC)c1.COc1cc(NC(=O)C(F)(F)F)cc(OC)c1C(C)=O.O=CO[O-].[Br-].[CH3-].[H-].[K+].[K+].[Mg+2]. The molecule has 2 amide bonds. The summed E-state index contributed by atoms with van der Waals surface area (Å²) in [5.74, 6) is 0.637. The average Bonchev–Trinajstić information content (AvgIpc) is 0.812. The number of benzene rings is 6. The molecule has 566 valence electrons. The maximum absolute atomic E-state index is 12.2. The van der Waals surface area contributed by atoms with Gasteiger partial charge in [-0.3, -0.25) is 28.8 Å². The van der Waals surface area contributed by atoms with Gasteiger partial charge in [-0.1, -0.05) is 6.58 Å². The number of nitrogens with two attached hydrogens (primary N) is 4. The summed E-state index contributed by atoms with van der Waals surface area (Å²) >= 11 is 4.64. The Balaban J connectivity index is -0.000000174. The van der Waals surface area contributed by atoms with Gasteiger partial charge in [-0.25, -0.2) is 0 Å². The largest absolute Gasteiger partial charge is 2.00 e. The molecule has 0 radical (unpaired) electrons. The second kappa shape index (κ2) is 56.0. The Kier molecular flexibility index (Phi) is 59.7. The van der Waals surface area contributed by atoms with Gasteiger partial charge in [-0.15, -0.1) is 0 Å². The van der Waals surface area contributed by atoms with Crippen LogP contribution in [0.25, 0.3) is 5.57 Å². The van der Waals surface area contributed by atoms with Crippen LogP contribution in [0.5, 0.6) is 69.0 Å². The van der Waals surface area contributed by atoms with Crippen molar-refractivity contribution in [1.29, 1.82) is 0 Å². The number of Topliss-reactive ketones (excluding diaryl/α,β-unsaturated/α-hetero) is 2. The number of methoxy groups -OCH3 is 12. The van der Waals surface area contributed by atoms with E-state index in [0.717, 1.165) is 23.3 Å². The first kappa shape index (κ1) is 111. The van der Waals surface area contributed by atoms with Crippen molar-refractivity contribution in [2.75, 3.05) is 119 Å². The molecule has 6 aromatic rings. The first-order valence-corrected chi connectivity index (χ1v) is 28.0. The normalized spacial score (nSPS) is 9.53. The summed E-state index contributed by atoms with van der Waals surface area (Å²) in [6.07, 6.45) is -9.95. The average molecular weight is 1630 g/mol. The summed E-state index contributed by atoms with van der Waals surface area (Å²) in [6, 6.07) is 21.5. The first-order valence-electron chi connectivity index (χ1n) is 27.6. The van der Waals surface area contributed by atoms with Crippen LogP contribution in [-0.2, 0) is 29.7 Å². The molecule has 27 nitrogen and oxygen atoms in total. The number of nitrogens with one attached hydrogen (secondary N) is 2. The van der Waals surface area contributed by atoms with Gasteiger partial charge in [0.15, 0.2) is 11.6 Å². The molecule has 0 aliphatic heterocycles. The fourth-order valence-electron chi connectivity index (χ4n) is 7.61.